The van der Waals surface area contributed by atoms with E-state index in [2.05, 4.69) is 5.32 Å². The Morgan fingerprint density at radius 1 is 1.18 bits per heavy atom. The average Bonchev–Trinajstić information content (AvgIpc) is 3.06. The molecule has 1 heterocycles. The van der Waals surface area contributed by atoms with Gasteiger partial charge in [0.15, 0.2) is 0 Å². The average molecular weight is 380 g/mol. The number of rotatable bonds is 7. The molecule has 1 atom stereocenters. The molecule has 0 radical (unpaired) electrons. The second kappa shape index (κ2) is 8.69. The SMILES string of the molecule is Cc1ccccc1[C@@H](CC(=O)O)NC(=O)c1cccc(CN2CCCC2=O)c1. The van der Waals surface area contributed by atoms with Gasteiger partial charge in [0.25, 0.3) is 5.91 Å². The molecule has 146 valence electrons. The predicted octanol–water partition coefficient (Wildman–Crippen LogP) is 3.06. The number of carboxylic acids is 1. The standard InChI is InChI=1S/C22H24N2O4/c1-15-6-2-3-9-18(15)19(13-21(26)27)23-22(28)17-8-4-7-16(12-17)14-24-11-5-10-20(24)25/h2-4,6-9,12,19H,5,10-11,13-14H2,1H3,(H,23,28)(H,26,27)/t19-/m1/s1. The number of carboxylic acid groups (broad SMARTS) is 1. The van der Waals surface area contributed by atoms with Gasteiger partial charge >= 0.3 is 5.97 Å². The van der Waals surface area contributed by atoms with Crippen molar-refractivity contribution in [3.05, 3.63) is 70.8 Å². The van der Waals surface area contributed by atoms with E-state index >= 15 is 0 Å². The molecular weight excluding hydrogens is 356 g/mol. The van der Waals surface area contributed by atoms with E-state index in [1.54, 1.807) is 23.1 Å². The van der Waals surface area contributed by atoms with E-state index in [1.165, 1.54) is 0 Å². The first kappa shape index (κ1) is 19.6. The first-order chi connectivity index (χ1) is 13.4. The van der Waals surface area contributed by atoms with Gasteiger partial charge in [-0.2, -0.15) is 0 Å². The van der Waals surface area contributed by atoms with Gasteiger partial charge in [-0.25, -0.2) is 0 Å². The lowest BCUT2D eigenvalue weighted by Gasteiger charge is -2.20. The maximum atomic E-state index is 12.8. The Kier molecular flexibility index (Phi) is 6.09. The van der Waals surface area contributed by atoms with Crippen LogP contribution in [-0.2, 0) is 16.1 Å². The molecule has 1 aliphatic heterocycles. The van der Waals surface area contributed by atoms with Crippen molar-refractivity contribution in [2.45, 2.75) is 38.8 Å². The van der Waals surface area contributed by atoms with Gasteiger partial charge in [0.1, 0.15) is 0 Å². The molecule has 0 bridgehead atoms. The smallest absolute Gasteiger partial charge is 0.305 e. The first-order valence-electron chi connectivity index (χ1n) is 9.39. The summed E-state index contributed by atoms with van der Waals surface area (Å²) in [5.41, 5.74) is 3.05. The van der Waals surface area contributed by atoms with Crippen molar-refractivity contribution in [2.24, 2.45) is 0 Å². The summed E-state index contributed by atoms with van der Waals surface area (Å²) in [6.45, 7) is 3.11. The molecule has 0 unspecified atom stereocenters. The highest BCUT2D eigenvalue weighted by atomic mass is 16.4. The van der Waals surface area contributed by atoms with Gasteiger partial charge in [-0.15, -0.1) is 0 Å². The molecule has 2 amide bonds. The Balaban J connectivity index is 1.76. The third-order valence-electron chi connectivity index (χ3n) is 4.98. The Morgan fingerprint density at radius 2 is 1.96 bits per heavy atom. The lowest BCUT2D eigenvalue weighted by Crippen LogP contribution is -2.31. The van der Waals surface area contributed by atoms with E-state index in [9.17, 15) is 19.5 Å². The van der Waals surface area contributed by atoms with Gasteiger partial charge in [0.05, 0.1) is 12.5 Å². The third-order valence-corrected chi connectivity index (χ3v) is 4.98. The topological polar surface area (TPSA) is 86.7 Å². The van der Waals surface area contributed by atoms with Crippen LogP contribution in [0.4, 0.5) is 0 Å². The van der Waals surface area contributed by atoms with E-state index in [-0.39, 0.29) is 18.2 Å². The fraction of sp³-hybridized carbons (Fsp3) is 0.318. The van der Waals surface area contributed by atoms with Crippen LogP contribution in [0.3, 0.4) is 0 Å². The Labute approximate surface area is 164 Å². The van der Waals surface area contributed by atoms with Gasteiger partial charge in [-0.05, 0) is 42.2 Å². The maximum Gasteiger partial charge on any atom is 0.305 e. The van der Waals surface area contributed by atoms with Gasteiger partial charge in [-0.3, -0.25) is 14.4 Å². The molecule has 2 aromatic rings. The van der Waals surface area contributed by atoms with Crippen LogP contribution >= 0.6 is 0 Å². The van der Waals surface area contributed by atoms with Gasteiger partial charge in [-0.1, -0.05) is 36.4 Å². The molecule has 0 aromatic heterocycles. The molecule has 0 spiro atoms. The zero-order valence-electron chi connectivity index (χ0n) is 15.9. The summed E-state index contributed by atoms with van der Waals surface area (Å²) < 4.78 is 0. The van der Waals surface area contributed by atoms with Crippen LogP contribution in [0.15, 0.2) is 48.5 Å². The zero-order valence-corrected chi connectivity index (χ0v) is 15.9. The molecule has 1 aliphatic rings. The van der Waals surface area contributed by atoms with Crippen LogP contribution in [0.2, 0.25) is 0 Å². The predicted molar refractivity (Wildman–Crippen MR) is 105 cm³/mol. The molecule has 1 fully saturated rings. The number of hydrogen-bond donors (Lipinski definition) is 2. The number of aliphatic carboxylic acids is 1. The van der Waals surface area contributed by atoms with Crippen LogP contribution in [0.1, 0.15) is 52.4 Å². The quantitative estimate of drug-likeness (QED) is 0.773. The molecule has 6 nitrogen and oxygen atoms in total. The number of carbonyl (C=O) groups is 3. The van der Waals surface area contributed by atoms with E-state index in [0.717, 1.165) is 29.7 Å². The Bertz CT molecular complexity index is 894. The summed E-state index contributed by atoms with van der Waals surface area (Å²) in [5, 5.41) is 12.1. The number of nitrogens with zero attached hydrogens (tertiary/aromatic N) is 1. The normalized spacial score (nSPS) is 14.8. The first-order valence-corrected chi connectivity index (χ1v) is 9.39. The Morgan fingerprint density at radius 3 is 2.64 bits per heavy atom. The molecule has 6 heteroatoms. The molecule has 2 aromatic carbocycles. The van der Waals surface area contributed by atoms with Crippen molar-refractivity contribution in [3.63, 3.8) is 0 Å². The number of carbonyl (C=O) groups excluding carboxylic acids is 2. The summed E-state index contributed by atoms with van der Waals surface area (Å²) in [5.74, 6) is -1.17. The highest BCUT2D eigenvalue weighted by Crippen LogP contribution is 2.22. The van der Waals surface area contributed by atoms with Crippen LogP contribution in [-0.4, -0.2) is 34.3 Å². The van der Waals surface area contributed by atoms with E-state index in [1.807, 2.05) is 37.3 Å². The van der Waals surface area contributed by atoms with E-state index < -0.39 is 12.0 Å². The van der Waals surface area contributed by atoms with Gasteiger partial charge < -0.3 is 15.3 Å². The maximum absolute atomic E-state index is 12.8. The highest BCUT2D eigenvalue weighted by Gasteiger charge is 2.22. The molecule has 0 saturated carbocycles. The molecule has 3 rings (SSSR count). The molecule has 2 N–H and O–H groups in total. The number of benzene rings is 2. The third kappa shape index (κ3) is 4.76. The van der Waals surface area contributed by atoms with Gasteiger partial charge in [0, 0.05) is 25.1 Å². The summed E-state index contributed by atoms with van der Waals surface area (Å²) in [7, 11) is 0. The summed E-state index contributed by atoms with van der Waals surface area (Å²) >= 11 is 0. The minimum atomic E-state index is -0.977. The van der Waals surface area contributed by atoms with Crippen LogP contribution in [0.5, 0.6) is 0 Å². The Hall–Kier alpha value is -3.15. The largest absolute Gasteiger partial charge is 0.481 e. The number of nitrogens with one attached hydrogen (secondary N) is 1. The highest BCUT2D eigenvalue weighted by molar-refractivity contribution is 5.95. The minimum absolute atomic E-state index is 0.135. The van der Waals surface area contributed by atoms with Crippen LogP contribution in [0.25, 0.3) is 0 Å². The monoisotopic (exact) mass is 380 g/mol. The summed E-state index contributed by atoms with van der Waals surface area (Å²) in [6, 6.07) is 13.9. The molecule has 1 saturated heterocycles. The van der Waals surface area contributed by atoms with E-state index in [0.29, 0.717) is 18.5 Å². The fourth-order valence-corrected chi connectivity index (χ4v) is 3.54. The lowest BCUT2D eigenvalue weighted by molar-refractivity contribution is -0.137. The van der Waals surface area contributed by atoms with Gasteiger partial charge in [0.2, 0.25) is 5.91 Å². The fourth-order valence-electron chi connectivity index (χ4n) is 3.54. The molecule has 0 aliphatic carbocycles. The molecule has 28 heavy (non-hydrogen) atoms. The van der Waals surface area contributed by atoms with Crippen molar-refractivity contribution in [1.82, 2.24) is 10.2 Å². The van der Waals surface area contributed by atoms with Crippen LogP contribution in [0, 0.1) is 6.92 Å². The second-order valence-corrected chi connectivity index (χ2v) is 7.10. The van der Waals surface area contributed by atoms with Crippen LogP contribution < -0.4 is 5.32 Å². The number of amides is 2. The van der Waals surface area contributed by atoms with Crippen molar-refractivity contribution in [3.8, 4) is 0 Å². The van der Waals surface area contributed by atoms with Crippen molar-refractivity contribution in [2.75, 3.05) is 6.54 Å². The number of likely N-dealkylation sites (tertiary alicyclic amines) is 1. The summed E-state index contributed by atoms with van der Waals surface area (Å²) in [4.78, 5) is 37.7. The minimum Gasteiger partial charge on any atom is -0.481 e. The zero-order chi connectivity index (χ0) is 20.1. The summed E-state index contributed by atoms with van der Waals surface area (Å²) in [6.07, 6.45) is 1.25. The van der Waals surface area contributed by atoms with E-state index in [4.69, 9.17) is 0 Å². The number of aryl methyl sites for hydroxylation is 1. The van der Waals surface area contributed by atoms with Crippen molar-refractivity contribution in [1.29, 1.82) is 0 Å². The second-order valence-electron chi connectivity index (χ2n) is 7.10. The van der Waals surface area contributed by atoms with Crippen molar-refractivity contribution >= 4 is 17.8 Å². The van der Waals surface area contributed by atoms with Crippen molar-refractivity contribution < 1.29 is 19.5 Å². The molecular formula is C22H24N2O4. The lowest BCUT2D eigenvalue weighted by atomic mass is 9.98. The number of hydrogen-bond acceptors (Lipinski definition) is 3.